The average Bonchev–Trinajstić information content (AvgIpc) is 3.24. The van der Waals surface area contributed by atoms with Gasteiger partial charge < -0.3 is 10.1 Å². The number of hydrogen-bond donors (Lipinski definition) is 1. The van der Waals surface area contributed by atoms with E-state index in [2.05, 4.69) is 5.32 Å². The minimum absolute atomic E-state index is 0.0899. The number of thiophene rings is 1. The van der Waals surface area contributed by atoms with Crippen LogP contribution in [0.3, 0.4) is 0 Å². The number of rotatable bonds is 6. The summed E-state index contributed by atoms with van der Waals surface area (Å²) in [6, 6.07) is 1.07. The first kappa shape index (κ1) is 19.3. The van der Waals surface area contributed by atoms with Crippen LogP contribution in [0.2, 0.25) is 0 Å². The molecule has 10 heteroatoms. The summed E-state index contributed by atoms with van der Waals surface area (Å²) in [5, 5.41) is 6.56. The molecule has 0 unspecified atom stereocenters. The molecule has 1 aromatic rings. The van der Waals surface area contributed by atoms with Crippen molar-refractivity contribution in [1.29, 1.82) is 0 Å². The molecule has 0 aromatic carbocycles. The van der Waals surface area contributed by atoms with Crippen molar-refractivity contribution in [3.05, 3.63) is 22.4 Å². The Morgan fingerprint density at radius 3 is 2.96 bits per heavy atom. The molecule has 2 atom stereocenters. The van der Waals surface area contributed by atoms with Crippen LogP contribution in [-0.2, 0) is 19.6 Å². The second-order valence-electron chi connectivity index (χ2n) is 6.50. The summed E-state index contributed by atoms with van der Waals surface area (Å²) < 4.78 is 30.8. The number of nitrogens with zero attached hydrogens (tertiary/aromatic N) is 2. The number of hydrogen-bond acceptors (Lipinski definition) is 7. The third-order valence-electron chi connectivity index (χ3n) is 4.73. The molecular weight excluding hydrogens is 378 g/mol. The molecular formula is C16H23N3O5S2. The molecule has 0 saturated carbocycles. The maximum Gasteiger partial charge on any atom is 0.253 e. The molecule has 144 valence electrons. The van der Waals surface area contributed by atoms with Gasteiger partial charge in [0.2, 0.25) is 10.0 Å². The molecule has 8 nitrogen and oxygen atoms in total. The van der Waals surface area contributed by atoms with Crippen LogP contribution in [0.4, 0.5) is 0 Å². The van der Waals surface area contributed by atoms with Gasteiger partial charge in [0.1, 0.15) is 0 Å². The molecule has 0 aliphatic carbocycles. The summed E-state index contributed by atoms with van der Waals surface area (Å²) in [4.78, 5) is 27.0. The first-order valence-corrected chi connectivity index (χ1v) is 11.1. The molecule has 0 radical (unpaired) electrons. The van der Waals surface area contributed by atoms with Crippen LogP contribution in [0.15, 0.2) is 16.8 Å². The fraction of sp³-hybridized carbons (Fsp3) is 0.625. The maximum atomic E-state index is 12.9. The normalized spacial score (nSPS) is 25.7. The zero-order valence-corrected chi connectivity index (χ0v) is 16.2. The van der Waals surface area contributed by atoms with E-state index in [9.17, 15) is 18.0 Å². The van der Waals surface area contributed by atoms with E-state index in [1.54, 1.807) is 11.4 Å². The second-order valence-corrected chi connectivity index (χ2v) is 9.29. The lowest BCUT2D eigenvalue weighted by Gasteiger charge is -2.23. The molecule has 3 rings (SSSR count). The van der Waals surface area contributed by atoms with Gasteiger partial charge in [0.15, 0.2) is 0 Å². The van der Waals surface area contributed by atoms with Crippen molar-refractivity contribution in [2.45, 2.75) is 24.9 Å². The van der Waals surface area contributed by atoms with Gasteiger partial charge in [-0.3, -0.25) is 14.5 Å². The lowest BCUT2D eigenvalue weighted by molar-refractivity contribution is -0.130. The van der Waals surface area contributed by atoms with E-state index in [0.717, 1.165) is 4.31 Å². The van der Waals surface area contributed by atoms with Gasteiger partial charge in [-0.05, 0) is 24.3 Å². The minimum Gasteiger partial charge on any atom is -0.385 e. The molecule has 2 fully saturated rings. The molecule has 2 amide bonds. The molecule has 0 spiro atoms. The number of carbonyl (C=O) groups is 2. The van der Waals surface area contributed by atoms with Gasteiger partial charge in [-0.1, -0.05) is 0 Å². The van der Waals surface area contributed by atoms with Crippen LogP contribution in [0.1, 0.15) is 23.2 Å². The number of sulfonamides is 1. The van der Waals surface area contributed by atoms with E-state index < -0.39 is 22.0 Å². The highest BCUT2D eigenvalue weighted by atomic mass is 32.2. The predicted molar refractivity (Wildman–Crippen MR) is 97.5 cm³/mol. The summed E-state index contributed by atoms with van der Waals surface area (Å²) >= 11 is 1.45. The Labute approximate surface area is 157 Å². The standard InChI is InChI=1S/C16H23N3O5S2/c1-24-6-2-4-19-16(21)14-9-13(10-18(14)5-8-26(19,22)23)17-15(20)12-3-7-25-11-12/h3,7,11,13-14H,2,4-6,8-10H2,1H3,(H,17,20)/t13-,14-/m0/s1. The van der Waals surface area contributed by atoms with E-state index >= 15 is 0 Å². The summed E-state index contributed by atoms with van der Waals surface area (Å²) in [5.74, 6) is -0.648. The molecule has 2 aliphatic heterocycles. The van der Waals surface area contributed by atoms with Gasteiger partial charge in [0, 0.05) is 50.3 Å². The highest BCUT2D eigenvalue weighted by Crippen LogP contribution is 2.25. The van der Waals surface area contributed by atoms with Crippen molar-refractivity contribution in [3.8, 4) is 0 Å². The third-order valence-corrected chi connectivity index (χ3v) is 7.15. The fourth-order valence-electron chi connectivity index (χ4n) is 3.42. The van der Waals surface area contributed by atoms with Crippen LogP contribution < -0.4 is 5.32 Å². The lowest BCUT2D eigenvalue weighted by Crippen LogP contribution is -2.44. The summed E-state index contributed by atoms with van der Waals surface area (Å²) in [5.41, 5.74) is 0.604. The first-order valence-electron chi connectivity index (χ1n) is 8.52. The molecule has 2 aliphatic rings. The highest BCUT2D eigenvalue weighted by Gasteiger charge is 2.45. The zero-order chi connectivity index (χ0) is 18.7. The van der Waals surface area contributed by atoms with Crippen molar-refractivity contribution in [3.63, 3.8) is 0 Å². The largest absolute Gasteiger partial charge is 0.385 e. The van der Waals surface area contributed by atoms with E-state index in [1.807, 2.05) is 10.3 Å². The van der Waals surface area contributed by atoms with E-state index in [0.29, 0.717) is 38.1 Å². The van der Waals surface area contributed by atoms with Gasteiger partial charge >= 0.3 is 0 Å². The number of amides is 2. The predicted octanol–water partition coefficient (Wildman–Crippen LogP) is 0.129. The van der Waals surface area contributed by atoms with Crippen LogP contribution >= 0.6 is 11.3 Å². The smallest absolute Gasteiger partial charge is 0.253 e. The Hall–Kier alpha value is -1.49. The zero-order valence-electron chi connectivity index (χ0n) is 14.6. The second kappa shape index (κ2) is 8.03. The van der Waals surface area contributed by atoms with Gasteiger partial charge in [-0.2, -0.15) is 11.3 Å². The van der Waals surface area contributed by atoms with Crippen molar-refractivity contribution in [2.75, 3.05) is 39.1 Å². The van der Waals surface area contributed by atoms with Crippen LogP contribution in [0.25, 0.3) is 0 Å². The maximum absolute atomic E-state index is 12.9. The van der Waals surface area contributed by atoms with Crippen molar-refractivity contribution in [2.24, 2.45) is 0 Å². The number of ether oxygens (including phenoxy) is 1. The van der Waals surface area contributed by atoms with E-state index in [4.69, 9.17) is 4.74 Å². The SMILES string of the molecule is COCCCN1C(=O)[C@@H]2C[C@H](NC(=O)c3ccsc3)CN2CCS1(=O)=O. The number of fused-ring (bicyclic) bond motifs is 1. The van der Waals surface area contributed by atoms with Crippen molar-refractivity contribution in [1.82, 2.24) is 14.5 Å². The van der Waals surface area contributed by atoms with Gasteiger partial charge in [-0.15, -0.1) is 0 Å². The lowest BCUT2D eigenvalue weighted by atomic mass is 10.1. The van der Waals surface area contributed by atoms with Crippen LogP contribution in [0.5, 0.6) is 0 Å². The molecule has 26 heavy (non-hydrogen) atoms. The van der Waals surface area contributed by atoms with Crippen LogP contribution in [0, 0.1) is 0 Å². The average molecular weight is 402 g/mol. The monoisotopic (exact) mass is 401 g/mol. The molecule has 2 saturated heterocycles. The molecule has 3 heterocycles. The van der Waals surface area contributed by atoms with Gasteiger partial charge in [0.25, 0.3) is 11.8 Å². The van der Waals surface area contributed by atoms with Crippen molar-refractivity contribution >= 4 is 33.2 Å². The Bertz CT molecular complexity index is 750. The van der Waals surface area contributed by atoms with Crippen molar-refractivity contribution < 1.29 is 22.7 Å². The third kappa shape index (κ3) is 4.08. The number of methoxy groups -OCH3 is 1. The number of carbonyl (C=O) groups excluding carboxylic acids is 2. The van der Waals surface area contributed by atoms with E-state index in [-0.39, 0.29) is 24.2 Å². The Balaban J connectivity index is 1.68. The van der Waals surface area contributed by atoms with Crippen LogP contribution in [-0.4, -0.2) is 80.6 Å². The first-order chi connectivity index (χ1) is 12.4. The van der Waals surface area contributed by atoms with E-state index in [1.165, 1.54) is 18.4 Å². The fourth-order valence-corrected chi connectivity index (χ4v) is 5.55. The van der Waals surface area contributed by atoms with Gasteiger partial charge in [-0.25, -0.2) is 12.7 Å². The summed E-state index contributed by atoms with van der Waals surface area (Å²) in [6.45, 7) is 1.30. The topological polar surface area (TPSA) is 96.0 Å². The Morgan fingerprint density at radius 2 is 2.27 bits per heavy atom. The Kier molecular flexibility index (Phi) is 5.96. The highest BCUT2D eigenvalue weighted by molar-refractivity contribution is 7.89. The molecule has 1 N–H and O–H groups in total. The Morgan fingerprint density at radius 1 is 1.46 bits per heavy atom. The van der Waals surface area contributed by atoms with Gasteiger partial charge in [0.05, 0.1) is 11.8 Å². The summed E-state index contributed by atoms with van der Waals surface area (Å²) in [7, 11) is -2.07. The quantitative estimate of drug-likeness (QED) is 0.681. The number of nitrogens with one attached hydrogen (secondary N) is 1. The minimum atomic E-state index is -3.61. The molecule has 1 aromatic heterocycles. The summed E-state index contributed by atoms with van der Waals surface area (Å²) in [6.07, 6.45) is 0.886. The molecule has 0 bridgehead atoms.